The molecule has 78 valence electrons. The SMILES string of the molecule is Cc1n[nH]c(=S)n1C1CCC(C)C1C. The quantitative estimate of drug-likeness (QED) is 0.725. The van der Waals surface area contributed by atoms with Gasteiger partial charge in [0.25, 0.3) is 0 Å². The molecule has 0 amide bonds. The maximum Gasteiger partial charge on any atom is 0.195 e. The Kier molecular flexibility index (Phi) is 2.47. The molecular formula is C10H17N3S. The van der Waals surface area contributed by atoms with Crippen molar-refractivity contribution in [1.82, 2.24) is 14.8 Å². The van der Waals surface area contributed by atoms with E-state index in [4.69, 9.17) is 12.2 Å². The molecule has 1 aromatic rings. The van der Waals surface area contributed by atoms with Gasteiger partial charge in [0.15, 0.2) is 4.77 Å². The number of H-pyrrole nitrogens is 1. The maximum absolute atomic E-state index is 5.25. The summed E-state index contributed by atoms with van der Waals surface area (Å²) in [6.07, 6.45) is 2.54. The first-order valence-electron chi connectivity index (χ1n) is 5.24. The first kappa shape index (κ1) is 9.90. The van der Waals surface area contributed by atoms with E-state index in [1.54, 1.807) is 0 Å². The molecule has 1 N–H and O–H groups in total. The number of aryl methyl sites for hydroxylation is 1. The van der Waals surface area contributed by atoms with Crippen molar-refractivity contribution < 1.29 is 0 Å². The highest BCUT2D eigenvalue weighted by molar-refractivity contribution is 7.71. The van der Waals surface area contributed by atoms with Crippen LogP contribution in [0.4, 0.5) is 0 Å². The summed E-state index contributed by atoms with van der Waals surface area (Å²) in [5.41, 5.74) is 0. The molecule has 3 atom stereocenters. The van der Waals surface area contributed by atoms with E-state index < -0.39 is 0 Å². The minimum Gasteiger partial charge on any atom is -0.301 e. The molecule has 3 unspecified atom stereocenters. The fourth-order valence-corrected chi connectivity index (χ4v) is 2.79. The monoisotopic (exact) mass is 211 g/mol. The predicted octanol–water partition coefficient (Wildman–Crippen LogP) is 2.86. The highest BCUT2D eigenvalue weighted by Crippen LogP contribution is 2.40. The Morgan fingerprint density at radius 3 is 2.57 bits per heavy atom. The van der Waals surface area contributed by atoms with Gasteiger partial charge in [-0.1, -0.05) is 13.8 Å². The number of aromatic amines is 1. The molecule has 0 bridgehead atoms. The van der Waals surface area contributed by atoms with Crippen LogP contribution in [0.1, 0.15) is 38.6 Å². The van der Waals surface area contributed by atoms with Crippen molar-refractivity contribution >= 4 is 12.2 Å². The molecule has 0 aliphatic heterocycles. The van der Waals surface area contributed by atoms with Crippen LogP contribution in [0.3, 0.4) is 0 Å². The molecular weight excluding hydrogens is 194 g/mol. The zero-order chi connectivity index (χ0) is 10.3. The predicted molar refractivity (Wildman–Crippen MR) is 58.7 cm³/mol. The highest BCUT2D eigenvalue weighted by Gasteiger charge is 2.32. The van der Waals surface area contributed by atoms with E-state index in [0.717, 1.165) is 16.5 Å². The van der Waals surface area contributed by atoms with Crippen molar-refractivity contribution in [1.29, 1.82) is 0 Å². The molecule has 2 rings (SSSR count). The molecule has 0 aromatic carbocycles. The van der Waals surface area contributed by atoms with Crippen molar-refractivity contribution in [3.63, 3.8) is 0 Å². The van der Waals surface area contributed by atoms with E-state index in [1.165, 1.54) is 12.8 Å². The molecule has 1 fully saturated rings. The summed E-state index contributed by atoms with van der Waals surface area (Å²) in [6, 6.07) is 0.552. The Morgan fingerprint density at radius 2 is 2.14 bits per heavy atom. The van der Waals surface area contributed by atoms with Gasteiger partial charge in [-0.15, -0.1) is 0 Å². The molecule has 0 spiro atoms. The van der Waals surface area contributed by atoms with E-state index in [0.29, 0.717) is 12.0 Å². The summed E-state index contributed by atoms with van der Waals surface area (Å²) < 4.78 is 2.96. The second-order valence-corrected chi connectivity index (χ2v) is 4.81. The lowest BCUT2D eigenvalue weighted by atomic mass is 9.98. The van der Waals surface area contributed by atoms with Gasteiger partial charge < -0.3 is 4.57 Å². The van der Waals surface area contributed by atoms with Crippen LogP contribution in [0.2, 0.25) is 0 Å². The first-order chi connectivity index (χ1) is 6.61. The van der Waals surface area contributed by atoms with Gasteiger partial charge in [0, 0.05) is 6.04 Å². The van der Waals surface area contributed by atoms with E-state index >= 15 is 0 Å². The lowest BCUT2D eigenvalue weighted by Gasteiger charge is -2.20. The smallest absolute Gasteiger partial charge is 0.195 e. The van der Waals surface area contributed by atoms with Crippen molar-refractivity contribution in [2.45, 2.75) is 39.7 Å². The van der Waals surface area contributed by atoms with Crippen molar-refractivity contribution in [3.05, 3.63) is 10.6 Å². The number of nitrogens with one attached hydrogen (secondary N) is 1. The van der Waals surface area contributed by atoms with Crippen molar-refractivity contribution in [2.75, 3.05) is 0 Å². The number of nitrogens with zero attached hydrogens (tertiary/aromatic N) is 2. The van der Waals surface area contributed by atoms with Crippen LogP contribution in [-0.4, -0.2) is 14.8 Å². The summed E-state index contributed by atoms with van der Waals surface area (Å²) in [7, 11) is 0. The number of aromatic nitrogens is 3. The van der Waals surface area contributed by atoms with Gasteiger partial charge in [-0.2, -0.15) is 5.10 Å². The average molecular weight is 211 g/mol. The largest absolute Gasteiger partial charge is 0.301 e. The summed E-state index contributed by atoms with van der Waals surface area (Å²) in [6.45, 7) is 6.66. The lowest BCUT2D eigenvalue weighted by Crippen LogP contribution is -2.15. The average Bonchev–Trinajstić information content (AvgIpc) is 2.62. The Balaban J connectivity index is 2.37. The first-order valence-corrected chi connectivity index (χ1v) is 5.65. The molecule has 1 aromatic heterocycles. The molecule has 1 saturated carbocycles. The van der Waals surface area contributed by atoms with Crippen molar-refractivity contribution in [2.24, 2.45) is 11.8 Å². The van der Waals surface area contributed by atoms with Gasteiger partial charge in [-0.25, -0.2) is 0 Å². The van der Waals surface area contributed by atoms with E-state index in [1.807, 2.05) is 6.92 Å². The Hall–Kier alpha value is -0.640. The number of rotatable bonds is 1. The van der Waals surface area contributed by atoms with Crippen LogP contribution >= 0.6 is 12.2 Å². The van der Waals surface area contributed by atoms with Crippen LogP contribution in [0, 0.1) is 23.5 Å². The van der Waals surface area contributed by atoms with E-state index in [-0.39, 0.29) is 0 Å². The standard InChI is InChI=1S/C10H17N3S/c1-6-4-5-9(7(6)2)13-8(3)11-12-10(13)14/h6-7,9H,4-5H2,1-3H3,(H,12,14). The van der Waals surface area contributed by atoms with Gasteiger partial charge in [-0.05, 0) is 43.8 Å². The molecule has 14 heavy (non-hydrogen) atoms. The van der Waals surface area contributed by atoms with Crippen LogP contribution in [-0.2, 0) is 0 Å². The van der Waals surface area contributed by atoms with E-state index in [9.17, 15) is 0 Å². The molecule has 1 aliphatic carbocycles. The fraction of sp³-hybridized carbons (Fsp3) is 0.800. The second kappa shape index (κ2) is 3.50. The second-order valence-electron chi connectivity index (χ2n) is 4.43. The normalized spacial score (nSPS) is 32.4. The zero-order valence-electron chi connectivity index (χ0n) is 8.95. The minimum absolute atomic E-state index is 0.552. The fourth-order valence-electron chi connectivity index (χ4n) is 2.48. The maximum atomic E-state index is 5.25. The molecule has 1 heterocycles. The third-order valence-electron chi connectivity index (χ3n) is 3.63. The van der Waals surface area contributed by atoms with E-state index in [2.05, 4.69) is 28.6 Å². The zero-order valence-corrected chi connectivity index (χ0v) is 9.77. The molecule has 4 heteroatoms. The summed E-state index contributed by atoms with van der Waals surface area (Å²) in [4.78, 5) is 0. The third-order valence-corrected chi connectivity index (χ3v) is 3.92. The molecule has 3 nitrogen and oxygen atoms in total. The number of hydrogen-bond acceptors (Lipinski definition) is 2. The topological polar surface area (TPSA) is 33.6 Å². The third kappa shape index (κ3) is 1.41. The Labute approximate surface area is 89.5 Å². The lowest BCUT2D eigenvalue weighted by molar-refractivity contribution is 0.346. The molecule has 0 radical (unpaired) electrons. The summed E-state index contributed by atoms with van der Waals surface area (Å²) in [5, 5.41) is 7.03. The molecule has 1 aliphatic rings. The number of hydrogen-bond donors (Lipinski definition) is 1. The van der Waals surface area contributed by atoms with Crippen LogP contribution in [0.15, 0.2) is 0 Å². The van der Waals surface area contributed by atoms with Crippen LogP contribution in [0.5, 0.6) is 0 Å². The van der Waals surface area contributed by atoms with Crippen LogP contribution in [0.25, 0.3) is 0 Å². The van der Waals surface area contributed by atoms with Gasteiger partial charge in [0.1, 0.15) is 5.82 Å². The summed E-state index contributed by atoms with van der Waals surface area (Å²) >= 11 is 5.25. The summed E-state index contributed by atoms with van der Waals surface area (Å²) in [5.74, 6) is 2.52. The Morgan fingerprint density at radius 1 is 1.43 bits per heavy atom. The van der Waals surface area contributed by atoms with Gasteiger partial charge in [0.2, 0.25) is 0 Å². The van der Waals surface area contributed by atoms with Crippen molar-refractivity contribution in [3.8, 4) is 0 Å². The highest BCUT2D eigenvalue weighted by atomic mass is 32.1. The van der Waals surface area contributed by atoms with Crippen LogP contribution < -0.4 is 0 Å². The minimum atomic E-state index is 0.552. The molecule has 0 saturated heterocycles. The Bertz CT molecular complexity index is 379. The van der Waals surface area contributed by atoms with Gasteiger partial charge in [-0.3, -0.25) is 5.10 Å². The van der Waals surface area contributed by atoms with Gasteiger partial charge in [0.05, 0.1) is 0 Å². The van der Waals surface area contributed by atoms with Gasteiger partial charge >= 0.3 is 0 Å².